The van der Waals surface area contributed by atoms with Crippen LogP contribution in [0, 0.1) is 42.9 Å². The zero-order valence-corrected chi connectivity index (χ0v) is 14.9. The van der Waals surface area contributed by atoms with E-state index in [-0.39, 0.29) is 11.3 Å². The second-order valence-corrected chi connectivity index (χ2v) is 8.47. The van der Waals surface area contributed by atoms with E-state index in [9.17, 15) is 9.59 Å². The second-order valence-electron chi connectivity index (χ2n) is 8.47. The van der Waals surface area contributed by atoms with Crippen LogP contribution < -0.4 is 0 Å². The second kappa shape index (κ2) is 5.53. The Morgan fingerprint density at radius 1 is 1.12 bits per heavy atom. The first kappa shape index (κ1) is 16.0. The molecule has 0 radical (unpaired) electrons. The molecule has 4 nitrogen and oxygen atoms in total. The van der Waals surface area contributed by atoms with E-state index in [0.29, 0.717) is 35.7 Å². The smallest absolute Gasteiger partial charge is 0.139 e. The number of rotatable bonds is 2. The lowest BCUT2D eigenvalue weighted by Crippen LogP contribution is -2.48. The summed E-state index contributed by atoms with van der Waals surface area (Å²) in [7, 11) is 0. The van der Waals surface area contributed by atoms with E-state index in [1.165, 1.54) is 0 Å². The van der Waals surface area contributed by atoms with Gasteiger partial charge >= 0.3 is 0 Å². The van der Waals surface area contributed by atoms with Crippen LogP contribution in [0.5, 0.6) is 0 Å². The number of nitrogens with zero attached hydrogens (tertiary/aromatic N) is 1. The van der Waals surface area contributed by atoms with Crippen molar-refractivity contribution in [1.82, 2.24) is 5.16 Å². The van der Waals surface area contributed by atoms with Gasteiger partial charge in [0.2, 0.25) is 0 Å². The molecule has 0 bridgehead atoms. The highest BCUT2D eigenvalue weighted by atomic mass is 16.5. The first-order valence-electron chi connectivity index (χ1n) is 9.39. The van der Waals surface area contributed by atoms with E-state index in [0.717, 1.165) is 55.5 Å². The lowest BCUT2D eigenvalue weighted by molar-refractivity contribution is -0.137. The zero-order chi connectivity index (χ0) is 17.1. The van der Waals surface area contributed by atoms with Crippen LogP contribution >= 0.6 is 0 Å². The summed E-state index contributed by atoms with van der Waals surface area (Å²) in [5.41, 5.74) is 1.92. The molecule has 3 saturated carbocycles. The third-order valence-corrected chi connectivity index (χ3v) is 7.46. The highest BCUT2D eigenvalue weighted by Crippen LogP contribution is 2.58. The van der Waals surface area contributed by atoms with E-state index in [2.05, 4.69) is 12.1 Å². The van der Waals surface area contributed by atoms with Gasteiger partial charge in [-0.3, -0.25) is 9.59 Å². The van der Waals surface area contributed by atoms with Gasteiger partial charge in [-0.2, -0.15) is 0 Å². The summed E-state index contributed by atoms with van der Waals surface area (Å²) in [5.74, 6) is 3.26. The molecule has 5 atom stereocenters. The molecule has 4 rings (SSSR count). The molecule has 3 fully saturated rings. The number of carbonyl (C=O) groups excluding carboxylic acids is 2. The van der Waals surface area contributed by atoms with E-state index < -0.39 is 0 Å². The Bertz CT molecular complexity index is 672. The van der Waals surface area contributed by atoms with Crippen molar-refractivity contribution in [1.29, 1.82) is 0 Å². The van der Waals surface area contributed by atoms with Gasteiger partial charge in [-0.05, 0) is 63.7 Å². The van der Waals surface area contributed by atoms with Gasteiger partial charge in [0.1, 0.15) is 17.3 Å². The number of Topliss-reactive ketones (excluding diaryl/α,β-unsaturated/α-hetero) is 2. The van der Waals surface area contributed by atoms with Gasteiger partial charge < -0.3 is 4.52 Å². The Morgan fingerprint density at radius 2 is 1.92 bits per heavy atom. The molecule has 1 heterocycles. The molecule has 0 spiro atoms. The molecule has 4 heteroatoms. The maximum absolute atomic E-state index is 12.7. The van der Waals surface area contributed by atoms with Crippen molar-refractivity contribution in [3.8, 4) is 0 Å². The normalized spacial score (nSPS) is 39.0. The molecule has 1 aromatic heterocycles. The predicted molar refractivity (Wildman–Crippen MR) is 89.5 cm³/mol. The molecule has 0 amide bonds. The van der Waals surface area contributed by atoms with E-state index in [1.54, 1.807) is 0 Å². The minimum Gasteiger partial charge on any atom is -0.361 e. The molecular weight excluding hydrogens is 302 g/mol. The Morgan fingerprint density at radius 3 is 2.62 bits per heavy atom. The van der Waals surface area contributed by atoms with Crippen LogP contribution in [-0.2, 0) is 16.0 Å². The van der Waals surface area contributed by atoms with Crippen molar-refractivity contribution in [3.05, 3.63) is 17.0 Å². The molecule has 0 aliphatic heterocycles. The van der Waals surface area contributed by atoms with Crippen LogP contribution in [0.25, 0.3) is 0 Å². The van der Waals surface area contributed by atoms with Crippen molar-refractivity contribution >= 4 is 11.6 Å². The van der Waals surface area contributed by atoms with Crippen LogP contribution in [-0.4, -0.2) is 16.7 Å². The van der Waals surface area contributed by atoms with Gasteiger partial charge in [0.15, 0.2) is 0 Å². The third kappa shape index (κ3) is 2.21. The number of carbonyl (C=O) groups is 2. The Hall–Kier alpha value is -1.45. The Balaban J connectivity index is 1.62. The van der Waals surface area contributed by atoms with Crippen LogP contribution in [0.15, 0.2) is 4.52 Å². The minimum atomic E-state index is -0.116. The monoisotopic (exact) mass is 329 g/mol. The van der Waals surface area contributed by atoms with Gasteiger partial charge in [0.05, 0.1) is 5.69 Å². The van der Waals surface area contributed by atoms with Crippen molar-refractivity contribution in [3.63, 3.8) is 0 Å². The van der Waals surface area contributed by atoms with Gasteiger partial charge in [-0.25, -0.2) is 0 Å². The number of aromatic nitrogens is 1. The van der Waals surface area contributed by atoms with Crippen LogP contribution in [0.4, 0.5) is 0 Å². The fourth-order valence-corrected chi connectivity index (χ4v) is 6.01. The maximum Gasteiger partial charge on any atom is 0.139 e. The summed E-state index contributed by atoms with van der Waals surface area (Å²) in [6.07, 6.45) is 6.17. The summed E-state index contributed by atoms with van der Waals surface area (Å²) in [5, 5.41) is 4.05. The lowest BCUT2D eigenvalue weighted by Gasteiger charge is -2.50. The largest absolute Gasteiger partial charge is 0.361 e. The standard InChI is InChI=1S/C20H27NO3/c1-11-15(12(2)24-21-11)10-16-13-8-9-20(3)17(5-7-19(20)23)14(13)4-6-18(16)22/h13-14,16-17H,4-10H2,1-3H3. The fraction of sp³-hybridized carbons (Fsp3) is 0.750. The zero-order valence-electron chi connectivity index (χ0n) is 14.9. The molecular formula is C20H27NO3. The molecule has 5 unspecified atom stereocenters. The molecule has 0 saturated heterocycles. The summed E-state index contributed by atoms with van der Waals surface area (Å²) in [4.78, 5) is 25.1. The number of fused-ring (bicyclic) bond motifs is 3. The first-order valence-corrected chi connectivity index (χ1v) is 9.39. The van der Waals surface area contributed by atoms with Gasteiger partial charge in [0, 0.05) is 29.7 Å². The average molecular weight is 329 g/mol. The molecule has 24 heavy (non-hydrogen) atoms. The van der Waals surface area contributed by atoms with Crippen molar-refractivity contribution in [2.45, 2.75) is 65.7 Å². The fourth-order valence-electron chi connectivity index (χ4n) is 6.01. The van der Waals surface area contributed by atoms with Crippen LogP contribution in [0.3, 0.4) is 0 Å². The average Bonchev–Trinajstić information content (AvgIpc) is 3.03. The molecule has 130 valence electrons. The van der Waals surface area contributed by atoms with Gasteiger partial charge in [-0.15, -0.1) is 0 Å². The van der Waals surface area contributed by atoms with E-state index in [1.807, 2.05) is 13.8 Å². The quantitative estimate of drug-likeness (QED) is 0.827. The Kier molecular flexibility index (Phi) is 3.70. The molecule has 1 aromatic rings. The third-order valence-electron chi connectivity index (χ3n) is 7.46. The van der Waals surface area contributed by atoms with Crippen molar-refractivity contribution < 1.29 is 14.1 Å². The van der Waals surface area contributed by atoms with Crippen molar-refractivity contribution in [2.75, 3.05) is 0 Å². The number of hydrogen-bond acceptors (Lipinski definition) is 4. The first-order chi connectivity index (χ1) is 11.4. The van der Waals surface area contributed by atoms with Crippen LogP contribution in [0.1, 0.15) is 62.5 Å². The lowest BCUT2D eigenvalue weighted by atomic mass is 9.53. The van der Waals surface area contributed by atoms with E-state index in [4.69, 9.17) is 4.52 Å². The molecule has 0 N–H and O–H groups in total. The Labute approximate surface area is 143 Å². The van der Waals surface area contributed by atoms with E-state index >= 15 is 0 Å². The molecule has 3 aliphatic rings. The summed E-state index contributed by atoms with van der Waals surface area (Å²) in [6, 6.07) is 0. The highest BCUT2D eigenvalue weighted by molar-refractivity contribution is 5.87. The van der Waals surface area contributed by atoms with Crippen LogP contribution in [0.2, 0.25) is 0 Å². The van der Waals surface area contributed by atoms with Gasteiger partial charge in [-0.1, -0.05) is 12.1 Å². The number of hydrogen-bond donors (Lipinski definition) is 0. The number of ketones is 2. The summed E-state index contributed by atoms with van der Waals surface area (Å²) < 4.78 is 5.30. The number of aryl methyl sites for hydroxylation is 2. The van der Waals surface area contributed by atoms with Gasteiger partial charge in [0.25, 0.3) is 0 Å². The topological polar surface area (TPSA) is 60.2 Å². The molecule has 3 aliphatic carbocycles. The minimum absolute atomic E-state index is 0.0841. The molecule has 0 aromatic carbocycles. The highest BCUT2D eigenvalue weighted by Gasteiger charge is 2.56. The summed E-state index contributed by atoms with van der Waals surface area (Å²) >= 11 is 0. The maximum atomic E-state index is 12.7. The van der Waals surface area contributed by atoms with Crippen molar-refractivity contribution in [2.24, 2.45) is 29.1 Å². The SMILES string of the molecule is Cc1noc(C)c1CC1C(=O)CCC2C1CCC1(C)C(=O)CCC21. The summed E-state index contributed by atoms with van der Waals surface area (Å²) in [6.45, 7) is 6.08. The predicted octanol–water partition coefficient (Wildman–Crippen LogP) is 3.82.